The Kier molecular flexibility index (Phi) is 5.42. The van der Waals surface area contributed by atoms with Crippen molar-refractivity contribution in [2.75, 3.05) is 23.9 Å². The van der Waals surface area contributed by atoms with Crippen LogP contribution in [0.4, 0.5) is 5.82 Å². The lowest BCUT2D eigenvalue weighted by Crippen LogP contribution is -2.20. The van der Waals surface area contributed by atoms with Crippen LogP contribution >= 0.6 is 11.3 Å². The molecule has 3 aromatic rings. The molecule has 3 heterocycles. The molecular formula is C20H21N3O4S2. The highest BCUT2D eigenvalue weighted by atomic mass is 32.2. The van der Waals surface area contributed by atoms with Gasteiger partial charge in [-0.05, 0) is 42.1 Å². The third-order valence-electron chi connectivity index (χ3n) is 4.86. The Morgan fingerprint density at radius 3 is 2.72 bits per heavy atom. The molecule has 1 fully saturated rings. The average Bonchev–Trinajstić information content (AvgIpc) is 3.42. The number of sulfone groups is 1. The van der Waals surface area contributed by atoms with E-state index >= 15 is 0 Å². The Bertz CT molecular complexity index is 1100. The van der Waals surface area contributed by atoms with E-state index in [0.29, 0.717) is 17.9 Å². The third-order valence-corrected chi connectivity index (χ3v) is 7.48. The molecule has 1 aliphatic rings. The maximum atomic E-state index is 12.5. The van der Waals surface area contributed by atoms with Gasteiger partial charge in [-0.1, -0.05) is 6.07 Å². The van der Waals surface area contributed by atoms with Crippen LogP contribution < -0.4 is 10.1 Å². The van der Waals surface area contributed by atoms with E-state index in [1.54, 1.807) is 17.9 Å². The first-order chi connectivity index (χ1) is 13.9. The fraction of sp³-hybridized carbons (Fsp3) is 0.300. The second kappa shape index (κ2) is 8.00. The lowest BCUT2D eigenvalue weighted by molar-refractivity contribution is -0.115. The summed E-state index contributed by atoms with van der Waals surface area (Å²) in [5.41, 5.74) is 1.53. The fourth-order valence-corrected chi connectivity index (χ4v) is 5.79. The van der Waals surface area contributed by atoms with Crippen molar-refractivity contribution in [3.63, 3.8) is 0 Å². The highest BCUT2D eigenvalue weighted by Gasteiger charge is 2.31. The van der Waals surface area contributed by atoms with E-state index in [1.165, 1.54) is 11.3 Å². The van der Waals surface area contributed by atoms with Gasteiger partial charge >= 0.3 is 0 Å². The first-order valence-electron chi connectivity index (χ1n) is 9.20. The van der Waals surface area contributed by atoms with Crippen molar-refractivity contribution >= 4 is 32.9 Å². The van der Waals surface area contributed by atoms with E-state index in [1.807, 2.05) is 41.8 Å². The van der Waals surface area contributed by atoms with Gasteiger partial charge in [-0.3, -0.25) is 4.79 Å². The molecule has 1 aromatic carbocycles. The molecule has 7 nitrogen and oxygen atoms in total. The van der Waals surface area contributed by atoms with E-state index in [4.69, 9.17) is 4.74 Å². The van der Waals surface area contributed by atoms with E-state index < -0.39 is 9.84 Å². The van der Waals surface area contributed by atoms with E-state index in [0.717, 1.165) is 16.2 Å². The number of ether oxygens (including phenoxy) is 1. The lowest BCUT2D eigenvalue weighted by Gasteiger charge is -2.13. The smallest absolute Gasteiger partial charge is 0.230 e. The molecule has 9 heteroatoms. The van der Waals surface area contributed by atoms with Gasteiger partial charge < -0.3 is 10.1 Å². The maximum absolute atomic E-state index is 12.5. The van der Waals surface area contributed by atoms with Crippen LogP contribution in [0.2, 0.25) is 0 Å². The molecule has 29 heavy (non-hydrogen) atoms. The highest BCUT2D eigenvalue weighted by Crippen LogP contribution is 2.31. The Labute approximate surface area is 173 Å². The Morgan fingerprint density at radius 1 is 1.31 bits per heavy atom. The summed E-state index contributed by atoms with van der Waals surface area (Å²) in [6.07, 6.45) is 0.754. The predicted octanol–water partition coefficient (Wildman–Crippen LogP) is 3.16. The van der Waals surface area contributed by atoms with Crippen LogP contribution in [0.25, 0.3) is 11.3 Å². The number of methoxy groups -OCH3 is 1. The summed E-state index contributed by atoms with van der Waals surface area (Å²) >= 11 is 1.52. The van der Waals surface area contributed by atoms with Gasteiger partial charge in [0.25, 0.3) is 0 Å². The van der Waals surface area contributed by atoms with Gasteiger partial charge in [-0.25, -0.2) is 13.1 Å². The molecule has 152 valence electrons. The molecular weight excluding hydrogens is 410 g/mol. The zero-order chi connectivity index (χ0) is 20.4. The van der Waals surface area contributed by atoms with Crippen molar-refractivity contribution in [3.05, 3.63) is 52.7 Å². The summed E-state index contributed by atoms with van der Waals surface area (Å²) in [4.78, 5) is 13.5. The van der Waals surface area contributed by atoms with Crippen LogP contribution in [-0.2, 0) is 21.1 Å². The number of anilines is 1. The van der Waals surface area contributed by atoms with Gasteiger partial charge in [-0.2, -0.15) is 5.10 Å². The second-order valence-corrected chi connectivity index (χ2v) is 10.2. The van der Waals surface area contributed by atoms with Crippen LogP contribution in [0, 0.1) is 0 Å². The SMILES string of the molecule is COc1ccc(-c2cc(NC(=O)Cc3cccs3)n([C@@H]3CCS(=O)(=O)C3)n2)cc1. The van der Waals surface area contributed by atoms with Gasteiger partial charge in [0.2, 0.25) is 5.91 Å². The molecule has 1 atom stereocenters. The van der Waals surface area contributed by atoms with Crippen LogP contribution in [0.15, 0.2) is 47.8 Å². The molecule has 0 spiro atoms. The summed E-state index contributed by atoms with van der Waals surface area (Å²) in [6.45, 7) is 0. The molecule has 1 amide bonds. The molecule has 0 saturated carbocycles. The number of carbonyl (C=O) groups is 1. The zero-order valence-electron chi connectivity index (χ0n) is 15.9. The summed E-state index contributed by atoms with van der Waals surface area (Å²) in [7, 11) is -1.48. The number of hydrogen-bond donors (Lipinski definition) is 1. The van der Waals surface area contributed by atoms with Crippen LogP contribution in [0.3, 0.4) is 0 Å². The van der Waals surface area contributed by atoms with Crippen molar-refractivity contribution in [1.29, 1.82) is 0 Å². The normalized spacial score (nSPS) is 17.9. The molecule has 1 aliphatic heterocycles. The molecule has 4 rings (SSSR count). The third kappa shape index (κ3) is 4.51. The molecule has 1 N–H and O–H groups in total. The Morgan fingerprint density at radius 2 is 2.10 bits per heavy atom. The minimum atomic E-state index is -3.08. The highest BCUT2D eigenvalue weighted by molar-refractivity contribution is 7.91. The molecule has 0 radical (unpaired) electrons. The zero-order valence-corrected chi connectivity index (χ0v) is 17.5. The van der Waals surface area contributed by atoms with Crippen molar-refractivity contribution in [1.82, 2.24) is 9.78 Å². The number of amides is 1. The largest absolute Gasteiger partial charge is 0.497 e. The second-order valence-electron chi connectivity index (χ2n) is 6.95. The molecule has 0 unspecified atom stereocenters. The van der Waals surface area contributed by atoms with Gasteiger partial charge in [-0.15, -0.1) is 11.3 Å². The van der Waals surface area contributed by atoms with Crippen molar-refractivity contribution < 1.29 is 17.9 Å². The van der Waals surface area contributed by atoms with Gasteiger partial charge in [0, 0.05) is 16.5 Å². The van der Waals surface area contributed by atoms with E-state index in [-0.39, 0.29) is 29.9 Å². The number of thiophene rings is 1. The van der Waals surface area contributed by atoms with Crippen LogP contribution in [-0.4, -0.2) is 42.7 Å². The standard InChI is InChI=1S/C20H21N3O4S2/c1-27-16-6-4-14(5-7-16)18-12-19(21-20(24)11-17-3-2-9-28-17)23(22-18)15-8-10-29(25,26)13-15/h2-7,9,12,15H,8,10-11,13H2,1H3,(H,21,24)/t15-/m1/s1. The van der Waals surface area contributed by atoms with E-state index in [2.05, 4.69) is 10.4 Å². The minimum absolute atomic E-state index is 0.0323. The van der Waals surface area contributed by atoms with Gasteiger partial charge in [0.1, 0.15) is 11.6 Å². The molecule has 0 aliphatic carbocycles. The molecule has 2 aromatic heterocycles. The number of nitrogens with zero attached hydrogens (tertiary/aromatic N) is 2. The number of carbonyl (C=O) groups excluding carboxylic acids is 1. The summed E-state index contributed by atoms with van der Waals surface area (Å²) < 4.78 is 30.8. The number of rotatable bonds is 6. The van der Waals surface area contributed by atoms with Crippen molar-refractivity contribution in [3.8, 4) is 17.0 Å². The van der Waals surface area contributed by atoms with Crippen molar-refractivity contribution in [2.24, 2.45) is 0 Å². The Balaban J connectivity index is 1.63. The van der Waals surface area contributed by atoms with Gasteiger partial charge in [0.05, 0.1) is 36.8 Å². The van der Waals surface area contributed by atoms with E-state index in [9.17, 15) is 13.2 Å². The van der Waals surface area contributed by atoms with Crippen LogP contribution in [0.5, 0.6) is 5.75 Å². The summed E-state index contributed by atoms with van der Waals surface area (Å²) in [5.74, 6) is 1.26. The topological polar surface area (TPSA) is 90.3 Å². The fourth-order valence-electron chi connectivity index (χ4n) is 3.40. The Hall–Kier alpha value is -2.65. The quantitative estimate of drug-likeness (QED) is 0.647. The predicted molar refractivity (Wildman–Crippen MR) is 113 cm³/mol. The number of nitrogens with one attached hydrogen (secondary N) is 1. The lowest BCUT2D eigenvalue weighted by atomic mass is 10.1. The van der Waals surface area contributed by atoms with Crippen molar-refractivity contribution in [2.45, 2.75) is 18.9 Å². The number of hydrogen-bond acceptors (Lipinski definition) is 6. The molecule has 1 saturated heterocycles. The maximum Gasteiger partial charge on any atom is 0.230 e. The monoisotopic (exact) mass is 431 g/mol. The number of benzene rings is 1. The summed E-state index contributed by atoms with van der Waals surface area (Å²) in [5, 5.41) is 9.48. The first kappa shape index (κ1) is 19.7. The summed E-state index contributed by atoms with van der Waals surface area (Å²) in [6, 6.07) is 12.8. The van der Waals surface area contributed by atoms with Gasteiger partial charge in [0.15, 0.2) is 9.84 Å². The number of aromatic nitrogens is 2. The average molecular weight is 432 g/mol. The first-order valence-corrected chi connectivity index (χ1v) is 11.9. The van der Waals surface area contributed by atoms with Crippen LogP contribution in [0.1, 0.15) is 17.3 Å². The minimum Gasteiger partial charge on any atom is -0.497 e. The molecule has 0 bridgehead atoms.